The molecule has 138 valence electrons. The van der Waals surface area contributed by atoms with Gasteiger partial charge in [-0.05, 0) is 39.5 Å². The molecule has 2 aromatic heterocycles. The predicted octanol–water partition coefficient (Wildman–Crippen LogP) is 1.87. The standard InChI is InChI=1S/C16H26N6O2S/c1-10(2)9-22-12(4)15(11(3)18-22)25(23,24)20-14-7-6-8-21-16(14)17-13(5)19-21/h10,14,20H,6-9H2,1-5H3/t14-/m1/s1. The summed E-state index contributed by atoms with van der Waals surface area (Å²) in [5.74, 6) is 1.75. The van der Waals surface area contributed by atoms with Gasteiger partial charge < -0.3 is 0 Å². The van der Waals surface area contributed by atoms with E-state index < -0.39 is 10.0 Å². The highest BCUT2D eigenvalue weighted by Gasteiger charge is 2.31. The van der Waals surface area contributed by atoms with Crippen LogP contribution in [0.4, 0.5) is 0 Å². The van der Waals surface area contributed by atoms with Crippen LogP contribution < -0.4 is 4.72 Å². The van der Waals surface area contributed by atoms with Gasteiger partial charge in [0.05, 0.1) is 17.4 Å². The molecule has 0 fully saturated rings. The van der Waals surface area contributed by atoms with Crippen LogP contribution in [0.1, 0.15) is 55.8 Å². The monoisotopic (exact) mass is 366 g/mol. The minimum Gasteiger partial charge on any atom is -0.268 e. The van der Waals surface area contributed by atoms with Crippen LogP contribution in [0.5, 0.6) is 0 Å². The Kier molecular flexibility index (Phi) is 4.72. The summed E-state index contributed by atoms with van der Waals surface area (Å²) in [6.45, 7) is 11.0. The van der Waals surface area contributed by atoms with E-state index in [4.69, 9.17) is 0 Å². The highest BCUT2D eigenvalue weighted by atomic mass is 32.2. The molecule has 0 aromatic carbocycles. The summed E-state index contributed by atoms with van der Waals surface area (Å²) < 4.78 is 32.5. The summed E-state index contributed by atoms with van der Waals surface area (Å²) in [5.41, 5.74) is 1.20. The second-order valence-corrected chi connectivity index (χ2v) is 8.78. The summed E-state index contributed by atoms with van der Waals surface area (Å²) in [4.78, 5) is 4.68. The molecule has 0 radical (unpaired) electrons. The van der Waals surface area contributed by atoms with E-state index in [-0.39, 0.29) is 10.9 Å². The van der Waals surface area contributed by atoms with Gasteiger partial charge in [-0.2, -0.15) is 10.2 Å². The zero-order valence-corrected chi connectivity index (χ0v) is 16.3. The van der Waals surface area contributed by atoms with Crippen molar-refractivity contribution in [1.29, 1.82) is 0 Å². The van der Waals surface area contributed by atoms with Crippen molar-refractivity contribution in [3.8, 4) is 0 Å². The number of fused-ring (bicyclic) bond motifs is 1. The van der Waals surface area contributed by atoms with E-state index in [2.05, 4.69) is 33.8 Å². The Hall–Kier alpha value is -1.74. The van der Waals surface area contributed by atoms with E-state index >= 15 is 0 Å². The average Bonchev–Trinajstić information content (AvgIpc) is 2.98. The van der Waals surface area contributed by atoms with Gasteiger partial charge in [0, 0.05) is 13.1 Å². The van der Waals surface area contributed by atoms with Gasteiger partial charge >= 0.3 is 0 Å². The van der Waals surface area contributed by atoms with Crippen molar-refractivity contribution in [2.24, 2.45) is 5.92 Å². The molecular formula is C16H26N6O2S. The molecule has 0 amide bonds. The molecule has 3 heterocycles. The van der Waals surface area contributed by atoms with Crippen LogP contribution in [0.2, 0.25) is 0 Å². The van der Waals surface area contributed by atoms with Gasteiger partial charge in [0.15, 0.2) is 0 Å². The molecule has 0 saturated heterocycles. The maximum atomic E-state index is 13.0. The molecule has 0 spiro atoms. The Labute approximate surface area is 148 Å². The van der Waals surface area contributed by atoms with Crippen LogP contribution in [-0.2, 0) is 23.1 Å². The van der Waals surface area contributed by atoms with Crippen molar-refractivity contribution in [3.63, 3.8) is 0 Å². The quantitative estimate of drug-likeness (QED) is 0.872. The fourth-order valence-corrected chi connectivity index (χ4v) is 5.06. The van der Waals surface area contributed by atoms with Crippen LogP contribution in [0.3, 0.4) is 0 Å². The van der Waals surface area contributed by atoms with Crippen molar-refractivity contribution in [1.82, 2.24) is 29.3 Å². The minimum atomic E-state index is -3.68. The molecule has 3 rings (SSSR count). The Bertz CT molecular complexity index is 881. The third-order valence-electron chi connectivity index (χ3n) is 4.40. The molecule has 8 nitrogen and oxygen atoms in total. The topological polar surface area (TPSA) is 94.7 Å². The molecule has 1 N–H and O–H groups in total. The lowest BCUT2D eigenvalue weighted by molar-refractivity contribution is 0.399. The zero-order chi connectivity index (χ0) is 18.4. The fraction of sp³-hybridized carbons (Fsp3) is 0.688. The second kappa shape index (κ2) is 6.53. The number of aryl methyl sites for hydroxylation is 3. The molecule has 2 aromatic rings. The lowest BCUT2D eigenvalue weighted by Gasteiger charge is -2.23. The van der Waals surface area contributed by atoms with Gasteiger partial charge in [0.2, 0.25) is 10.0 Å². The molecule has 1 atom stereocenters. The number of nitrogens with zero attached hydrogens (tertiary/aromatic N) is 5. The van der Waals surface area contributed by atoms with Crippen LogP contribution >= 0.6 is 0 Å². The van der Waals surface area contributed by atoms with E-state index in [1.165, 1.54) is 0 Å². The smallest absolute Gasteiger partial charge is 0.244 e. The molecule has 0 unspecified atom stereocenters. The lowest BCUT2D eigenvalue weighted by Crippen LogP contribution is -2.33. The number of aromatic nitrogens is 5. The largest absolute Gasteiger partial charge is 0.268 e. The third-order valence-corrected chi connectivity index (χ3v) is 6.12. The SMILES string of the molecule is Cc1nc2n(n1)CCC[C@H]2NS(=O)(=O)c1c(C)nn(CC(C)C)c1C. The number of rotatable bonds is 5. The van der Waals surface area contributed by atoms with Gasteiger partial charge in [-0.25, -0.2) is 22.8 Å². The van der Waals surface area contributed by atoms with Crippen LogP contribution in [0, 0.1) is 26.7 Å². The van der Waals surface area contributed by atoms with Crippen molar-refractivity contribution in [3.05, 3.63) is 23.0 Å². The summed E-state index contributed by atoms with van der Waals surface area (Å²) in [6.07, 6.45) is 1.59. The molecule has 0 saturated carbocycles. The van der Waals surface area contributed by atoms with Gasteiger partial charge in [-0.15, -0.1) is 0 Å². The van der Waals surface area contributed by atoms with Gasteiger partial charge in [-0.1, -0.05) is 13.8 Å². The van der Waals surface area contributed by atoms with Gasteiger partial charge in [-0.3, -0.25) is 4.68 Å². The Balaban J connectivity index is 1.92. The van der Waals surface area contributed by atoms with Crippen molar-refractivity contribution >= 4 is 10.0 Å². The minimum absolute atomic E-state index is 0.279. The molecule has 1 aliphatic rings. The first-order valence-corrected chi connectivity index (χ1v) is 10.1. The van der Waals surface area contributed by atoms with Crippen molar-refractivity contribution < 1.29 is 8.42 Å². The van der Waals surface area contributed by atoms with Crippen LogP contribution in [-0.4, -0.2) is 33.0 Å². The highest BCUT2D eigenvalue weighted by Crippen LogP contribution is 2.27. The van der Waals surface area contributed by atoms with E-state index in [0.717, 1.165) is 19.4 Å². The normalized spacial score (nSPS) is 17.9. The number of sulfonamides is 1. The summed E-state index contributed by atoms with van der Waals surface area (Å²) >= 11 is 0. The summed E-state index contributed by atoms with van der Waals surface area (Å²) in [6, 6.07) is -0.354. The predicted molar refractivity (Wildman–Crippen MR) is 93.6 cm³/mol. The van der Waals surface area contributed by atoms with Gasteiger partial charge in [0.25, 0.3) is 0 Å². The summed E-state index contributed by atoms with van der Waals surface area (Å²) in [5, 5.41) is 8.75. The van der Waals surface area contributed by atoms with Crippen LogP contribution in [0.15, 0.2) is 4.90 Å². The van der Waals surface area contributed by atoms with Gasteiger partial charge in [0.1, 0.15) is 16.5 Å². The van der Waals surface area contributed by atoms with Crippen molar-refractivity contribution in [2.75, 3.05) is 0 Å². The average molecular weight is 366 g/mol. The van der Waals surface area contributed by atoms with Crippen molar-refractivity contribution in [2.45, 2.75) is 71.5 Å². The first-order chi connectivity index (χ1) is 11.7. The summed E-state index contributed by atoms with van der Waals surface area (Å²) in [7, 11) is -3.68. The Morgan fingerprint density at radius 3 is 2.64 bits per heavy atom. The maximum Gasteiger partial charge on any atom is 0.244 e. The third kappa shape index (κ3) is 3.48. The molecule has 25 heavy (non-hydrogen) atoms. The molecule has 0 bridgehead atoms. The maximum absolute atomic E-state index is 13.0. The highest BCUT2D eigenvalue weighted by molar-refractivity contribution is 7.89. The van der Waals surface area contributed by atoms with E-state index in [0.29, 0.717) is 35.5 Å². The zero-order valence-electron chi connectivity index (χ0n) is 15.4. The van der Waals surface area contributed by atoms with E-state index in [1.807, 2.05) is 13.8 Å². The first kappa shape index (κ1) is 18.1. The lowest BCUT2D eigenvalue weighted by atomic mass is 10.1. The number of hydrogen-bond donors (Lipinski definition) is 1. The van der Waals surface area contributed by atoms with Crippen LogP contribution in [0.25, 0.3) is 0 Å². The fourth-order valence-electron chi connectivity index (χ4n) is 3.42. The number of nitrogens with one attached hydrogen (secondary N) is 1. The van der Waals surface area contributed by atoms with E-state index in [1.54, 1.807) is 16.3 Å². The molecule has 9 heteroatoms. The Morgan fingerprint density at radius 2 is 1.96 bits per heavy atom. The molecule has 0 aliphatic carbocycles. The molecular weight excluding hydrogens is 340 g/mol. The number of hydrogen-bond acceptors (Lipinski definition) is 5. The first-order valence-electron chi connectivity index (χ1n) is 8.66. The molecule has 1 aliphatic heterocycles. The van der Waals surface area contributed by atoms with E-state index in [9.17, 15) is 8.42 Å². The Morgan fingerprint density at radius 1 is 1.24 bits per heavy atom. The second-order valence-electron chi connectivity index (χ2n) is 7.13.